The normalized spacial score (nSPS) is 12.7. The SMILES string of the molecule is CCCN(CC(CC)Oc1ccc(OCC(=O)O)c(C)c1)S(=O)(=O)c1sc2ccc(Cl)cc2c1C. The minimum Gasteiger partial charge on any atom is -0.489 e. The number of benzene rings is 2. The molecular weight excluding hydrogens is 510 g/mol. The van der Waals surface area contributed by atoms with Crippen LogP contribution in [-0.4, -0.2) is 49.6 Å². The molecule has 0 bridgehead atoms. The fourth-order valence-electron chi connectivity index (χ4n) is 3.76. The Morgan fingerprint density at radius 1 is 1.17 bits per heavy atom. The Kier molecular flexibility index (Phi) is 9.04. The topological polar surface area (TPSA) is 93.1 Å². The maximum Gasteiger partial charge on any atom is 0.341 e. The molecule has 1 heterocycles. The van der Waals surface area contributed by atoms with Crippen LogP contribution in [0.5, 0.6) is 11.5 Å². The summed E-state index contributed by atoms with van der Waals surface area (Å²) in [5, 5.41) is 10.2. The number of hydrogen-bond acceptors (Lipinski definition) is 6. The van der Waals surface area contributed by atoms with Gasteiger partial charge >= 0.3 is 5.97 Å². The highest BCUT2D eigenvalue weighted by Gasteiger charge is 2.30. The molecule has 0 aliphatic rings. The first-order valence-electron chi connectivity index (χ1n) is 11.4. The number of carboxylic acids is 1. The number of rotatable bonds is 12. The molecule has 2 aromatic carbocycles. The van der Waals surface area contributed by atoms with Gasteiger partial charge in [0.15, 0.2) is 6.61 Å². The van der Waals surface area contributed by atoms with Crippen LogP contribution >= 0.6 is 22.9 Å². The van der Waals surface area contributed by atoms with Crippen LogP contribution in [0.25, 0.3) is 10.1 Å². The van der Waals surface area contributed by atoms with Crippen molar-refractivity contribution in [2.24, 2.45) is 0 Å². The summed E-state index contributed by atoms with van der Waals surface area (Å²) >= 11 is 7.40. The van der Waals surface area contributed by atoms with Gasteiger partial charge in [0.05, 0.1) is 6.54 Å². The first-order chi connectivity index (χ1) is 16.6. The van der Waals surface area contributed by atoms with E-state index in [0.717, 1.165) is 15.6 Å². The van der Waals surface area contributed by atoms with E-state index in [0.29, 0.717) is 45.7 Å². The molecule has 35 heavy (non-hydrogen) atoms. The van der Waals surface area contributed by atoms with Gasteiger partial charge < -0.3 is 14.6 Å². The molecule has 0 aliphatic heterocycles. The number of thiophene rings is 1. The summed E-state index contributed by atoms with van der Waals surface area (Å²) in [7, 11) is -3.74. The van der Waals surface area contributed by atoms with Crippen molar-refractivity contribution in [3.63, 3.8) is 0 Å². The molecule has 0 saturated heterocycles. The van der Waals surface area contributed by atoms with Crippen LogP contribution in [-0.2, 0) is 14.8 Å². The lowest BCUT2D eigenvalue weighted by Gasteiger charge is -2.27. The van der Waals surface area contributed by atoms with Gasteiger partial charge in [0, 0.05) is 16.3 Å². The molecule has 10 heteroatoms. The zero-order valence-electron chi connectivity index (χ0n) is 20.2. The molecule has 7 nitrogen and oxygen atoms in total. The van der Waals surface area contributed by atoms with Crippen molar-refractivity contribution in [3.05, 3.63) is 52.5 Å². The van der Waals surface area contributed by atoms with Crippen molar-refractivity contribution in [1.29, 1.82) is 0 Å². The van der Waals surface area contributed by atoms with Gasteiger partial charge in [-0.25, -0.2) is 13.2 Å². The summed E-state index contributed by atoms with van der Waals surface area (Å²) in [4.78, 5) is 10.8. The second kappa shape index (κ2) is 11.6. The van der Waals surface area contributed by atoms with Crippen LogP contribution in [0.15, 0.2) is 40.6 Å². The maximum absolute atomic E-state index is 13.7. The molecule has 0 amide bonds. The largest absolute Gasteiger partial charge is 0.489 e. The second-order valence-electron chi connectivity index (χ2n) is 8.28. The lowest BCUT2D eigenvalue weighted by molar-refractivity contribution is -0.139. The smallest absolute Gasteiger partial charge is 0.341 e. The molecule has 0 aliphatic carbocycles. The molecule has 0 radical (unpaired) electrons. The van der Waals surface area contributed by atoms with E-state index < -0.39 is 22.6 Å². The molecule has 0 fully saturated rings. The Morgan fingerprint density at radius 3 is 2.54 bits per heavy atom. The van der Waals surface area contributed by atoms with Gasteiger partial charge in [0.1, 0.15) is 21.8 Å². The highest BCUT2D eigenvalue weighted by atomic mass is 35.5. The Hall–Kier alpha value is -2.33. The van der Waals surface area contributed by atoms with E-state index in [1.165, 1.54) is 15.6 Å². The highest BCUT2D eigenvalue weighted by molar-refractivity contribution is 7.91. The van der Waals surface area contributed by atoms with Crippen molar-refractivity contribution in [2.45, 2.75) is 50.8 Å². The predicted octanol–water partition coefficient (Wildman–Crippen LogP) is 5.89. The fraction of sp³-hybridized carbons (Fsp3) is 0.400. The van der Waals surface area contributed by atoms with Crippen LogP contribution in [0.1, 0.15) is 37.8 Å². The summed E-state index contributed by atoms with van der Waals surface area (Å²) in [6.07, 6.45) is 0.901. The van der Waals surface area contributed by atoms with Crippen molar-refractivity contribution in [3.8, 4) is 11.5 Å². The van der Waals surface area contributed by atoms with E-state index in [4.69, 9.17) is 26.2 Å². The zero-order chi connectivity index (χ0) is 25.8. The van der Waals surface area contributed by atoms with Crippen molar-refractivity contribution < 1.29 is 27.8 Å². The number of carboxylic acid groups (broad SMARTS) is 1. The van der Waals surface area contributed by atoms with E-state index in [9.17, 15) is 13.2 Å². The van der Waals surface area contributed by atoms with Crippen LogP contribution < -0.4 is 9.47 Å². The summed E-state index contributed by atoms with van der Waals surface area (Å²) < 4.78 is 41.5. The first kappa shape index (κ1) is 27.3. The molecule has 3 aromatic rings. The number of aliphatic carboxylic acids is 1. The number of hydrogen-bond donors (Lipinski definition) is 1. The predicted molar refractivity (Wildman–Crippen MR) is 140 cm³/mol. The van der Waals surface area contributed by atoms with Crippen molar-refractivity contribution >= 4 is 49.0 Å². The Bertz CT molecular complexity index is 1300. The third-order valence-corrected chi connectivity index (χ3v) is 9.54. The number of aryl methyl sites for hydroxylation is 2. The van der Waals surface area contributed by atoms with Crippen LogP contribution in [0, 0.1) is 13.8 Å². The summed E-state index contributed by atoms with van der Waals surface area (Å²) in [6, 6.07) is 10.5. The molecule has 1 atom stereocenters. The average molecular weight is 540 g/mol. The monoisotopic (exact) mass is 539 g/mol. The standard InChI is InChI=1S/C25H30ClNO6S2/c1-5-11-27(35(30,31)25-17(4)21-13-18(26)7-10-23(21)34-25)14-19(6-2)33-20-8-9-22(16(3)12-20)32-15-24(28)29/h7-10,12-13,19H,5-6,11,14-15H2,1-4H3,(H,28,29). The lowest BCUT2D eigenvalue weighted by atomic mass is 10.2. The van der Waals surface area contributed by atoms with Gasteiger partial charge in [-0.3, -0.25) is 0 Å². The van der Waals surface area contributed by atoms with Crippen LogP contribution in [0.2, 0.25) is 5.02 Å². The second-order valence-corrected chi connectivity index (χ2v) is 11.9. The summed E-state index contributed by atoms with van der Waals surface area (Å²) in [6.45, 7) is 7.67. The molecule has 3 rings (SSSR count). The zero-order valence-corrected chi connectivity index (χ0v) is 22.6. The Morgan fingerprint density at radius 2 is 1.91 bits per heavy atom. The van der Waals surface area contributed by atoms with Crippen molar-refractivity contribution in [2.75, 3.05) is 19.7 Å². The molecule has 0 saturated carbocycles. The molecule has 1 aromatic heterocycles. The van der Waals surface area contributed by atoms with E-state index in [-0.39, 0.29) is 12.6 Å². The Balaban J connectivity index is 1.83. The average Bonchev–Trinajstić information content (AvgIpc) is 3.14. The number of fused-ring (bicyclic) bond motifs is 1. The molecular formula is C25H30ClNO6S2. The number of sulfonamides is 1. The summed E-state index contributed by atoms with van der Waals surface area (Å²) in [5.74, 6) is -0.0214. The molecule has 1 N–H and O–H groups in total. The number of carbonyl (C=O) groups is 1. The number of nitrogens with zero attached hydrogens (tertiary/aromatic N) is 1. The number of halogens is 1. The van der Waals surface area contributed by atoms with Crippen LogP contribution in [0.4, 0.5) is 0 Å². The third kappa shape index (κ3) is 6.46. The lowest BCUT2D eigenvalue weighted by Crippen LogP contribution is -2.40. The quantitative estimate of drug-likeness (QED) is 0.308. The van der Waals surface area contributed by atoms with Gasteiger partial charge in [0.25, 0.3) is 10.0 Å². The molecule has 0 spiro atoms. The Labute approximate surface area is 215 Å². The number of ether oxygens (including phenoxy) is 2. The summed E-state index contributed by atoms with van der Waals surface area (Å²) in [5.41, 5.74) is 1.44. The van der Waals surface area contributed by atoms with E-state index in [1.807, 2.05) is 26.8 Å². The highest BCUT2D eigenvalue weighted by Crippen LogP contribution is 2.37. The first-order valence-corrected chi connectivity index (χ1v) is 14.0. The minimum absolute atomic E-state index is 0.206. The van der Waals surface area contributed by atoms with Gasteiger partial charge in [-0.2, -0.15) is 4.31 Å². The molecule has 1 unspecified atom stereocenters. The van der Waals surface area contributed by atoms with E-state index in [2.05, 4.69) is 0 Å². The van der Waals surface area contributed by atoms with Crippen LogP contribution in [0.3, 0.4) is 0 Å². The van der Waals surface area contributed by atoms with E-state index >= 15 is 0 Å². The molecule has 190 valence electrons. The maximum atomic E-state index is 13.7. The minimum atomic E-state index is -3.74. The van der Waals surface area contributed by atoms with Crippen molar-refractivity contribution in [1.82, 2.24) is 4.31 Å². The fourth-order valence-corrected chi connectivity index (χ4v) is 7.38. The van der Waals surface area contributed by atoms with Gasteiger partial charge in [-0.1, -0.05) is 25.4 Å². The van der Waals surface area contributed by atoms with Gasteiger partial charge in [-0.15, -0.1) is 11.3 Å². The van der Waals surface area contributed by atoms with Gasteiger partial charge in [0.2, 0.25) is 0 Å². The van der Waals surface area contributed by atoms with E-state index in [1.54, 1.807) is 37.3 Å². The van der Waals surface area contributed by atoms with Gasteiger partial charge in [-0.05, 0) is 79.6 Å². The third-order valence-electron chi connectivity index (χ3n) is 5.56.